The van der Waals surface area contributed by atoms with E-state index in [-0.39, 0.29) is 12.5 Å². The van der Waals surface area contributed by atoms with Crippen molar-refractivity contribution in [2.45, 2.75) is 20.8 Å². The second-order valence-corrected chi connectivity index (χ2v) is 4.98. The highest BCUT2D eigenvalue weighted by Crippen LogP contribution is 2.16. The molecule has 5 nitrogen and oxygen atoms in total. The van der Waals surface area contributed by atoms with Gasteiger partial charge >= 0.3 is 0 Å². The number of benzene rings is 1. The third kappa shape index (κ3) is 3.75. The van der Waals surface area contributed by atoms with Crippen LogP contribution < -0.4 is 10.1 Å². The Labute approximate surface area is 115 Å². The Morgan fingerprint density at radius 3 is 2.74 bits per heavy atom. The fourth-order valence-electron chi connectivity index (χ4n) is 1.46. The standard InChI is InChI=1S/C13H15N3O2S/c1-8-4-5-11(6-9(8)2)18-7-12(17)15-13-14-10(3)16-19-13/h4-6H,7H2,1-3H3,(H,14,15,16,17). The summed E-state index contributed by atoms with van der Waals surface area (Å²) >= 11 is 1.16. The van der Waals surface area contributed by atoms with Crippen LogP contribution in [-0.2, 0) is 4.79 Å². The van der Waals surface area contributed by atoms with Gasteiger partial charge in [0.2, 0.25) is 5.13 Å². The Balaban J connectivity index is 1.88. The normalized spacial score (nSPS) is 10.3. The van der Waals surface area contributed by atoms with Crippen molar-refractivity contribution in [3.63, 3.8) is 0 Å². The number of aromatic nitrogens is 2. The maximum Gasteiger partial charge on any atom is 0.264 e. The van der Waals surface area contributed by atoms with Gasteiger partial charge < -0.3 is 4.74 Å². The molecular formula is C13H15N3O2S. The van der Waals surface area contributed by atoms with Gasteiger partial charge in [0.05, 0.1) is 0 Å². The lowest BCUT2D eigenvalue weighted by atomic mass is 10.1. The van der Waals surface area contributed by atoms with Crippen LogP contribution in [0.5, 0.6) is 5.75 Å². The Kier molecular flexibility index (Phi) is 4.11. The van der Waals surface area contributed by atoms with E-state index in [1.165, 1.54) is 5.56 Å². The molecule has 1 aromatic carbocycles. The fraction of sp³-hybridized carbons (Fsp3) is 0.308. The van der Waals surface area contributed by atoms with Crippen LogP contribution >= 0.6 is 11.5 Å². The number of hydrogen-bond acceptors (Lipinski definition) is 5. The van der Waals surface area contributed by atoms with E-state index in [0.29, 0.717) is 16.7 Å². The smallest absolute Gasteiger partial charge is 0.264 e. The number of nitrogens with one attached hydrogen (secondary N) is 1. The third-order valence-corrected chi connectivity index (χ3v) is 3.34. The molecule has 1 N–H and O–H groups in total. The first-order chi connectivity index (χ1) is 9.04. The molecule has 0 saturated carbocycles. The van der Waals surface area contributed by atoms with Gasteiger partial charge in [-0.05, 0) is 44.0 Å². The van der Waals surface area contributed by atoms with Crippen molar-refractivity contribution in [1.29, 1.82) is 0 Å². The minimum absolute atomic E-state index is 0.0405. The molecule has 0 unspecified atom stereocenters. The van der Waals surface area contributed by atoms with Crippen LogP contribution in [0.25, 0.3) is 0 Å². The number of anilines is 1. The van der Waals surface area contributed by atoms with Crippen LogP contribution in [0.2, 0.25) is 0 Å². The number of ether oxygens (including phenoxy) is 1. The highest BCUT2D eigenvalue weighted by atomic mass is 32.1. The molecule has 0 atom stereocenters. The number of carbonyl (C=O) groups excluding carboxylic acids is 1. The number of hydrogen-bond donors (Lipinski definition) is 1. The number of carbonyl (C=O) groups is 1. The van der Waals surface area contributed by atoms with Gasteiger partial charge in [-0.1, -0.05) is 6.07 Å². The Hall–Kier alpha value is -1.95. The molecule has 0 aliphatic carbocycles. The van der Waals surface area contributed by atoms with Gasteiger partial charge in [-0.15, -0.1) is 0 Å². The molecule has 0 radical (unpaired) electrons. The van der Waals surface area contributed by atoms with E-state index in [4.69, 9.17) is 4.74 Å². The predicted molar refractivity (Wildman–Crippen MR) is 74.7 cm³/mol. The van der Waals surface area contributed by atoms with Gasteiger partial charge in [0.25, 0.3) is 5.91 Å². The van der Waals surface area contributed by atoms with Crippen molar-refractivity contribution < 1.29 is 9.53 Å². The topological polar surface area (TPSA) is 64.1 Å². The molecular weight excluding hydrogens is 262 g/mol. The van der Waals surface area contributed by atoms with E-state index >= 15 is 0 Å². The first kappa shape index (κ1) is 13.5. The van der Waals surface area contributed by atoms with Crippen molar-refractivity contribution in [1.82, 2.24) is 9.36 Å². The Morgan fingerprint density at radius 1 is 1.32 bits per heavy atom. The summed E-state index contributed by atoms with van der Waals surface area (Å²) in [6.45, 7) is 5.77. The summed E-state index contributed by atoms with van der Waals surface area (Å²) in [4.78, 5) is 15.7. The van der Waals surface area contributed by atoms with Crippen molar-refractivity contribution >= 4 is 22.6 Å². The monoisotopic (exact) mass is 277 g/mol. The lowest BCUT2D eigenvalue weighted by Crippen LogP contribution is -2.20. The summed E-state index contributed by atoms with van der Waals surface area (Å²) < 4.78 is 9.41. The SMILES string of the molecule is Cc1nsc(NC(=O)COc2ccc(C)c(C)c2)n1. The molecule has 0 aliphatic heterocycles. The molecule has 1 amide bonds. The number of aryl methyl sites for hydroxylation is 3. The first-order valence-corrected chi connectivity index (χ1v) is 6.62. The van der Waals surface area contributed by atoms with Crippen molar-refractivity contribution in [2.24, 2.45) is 0 Å². The molecule has 1 aromatic heterocycles. The molecule has 0 spiro atoms. The van der Waals surface area contributed by atoms with Crippen molar-refractivity contribution in [3.05, 3.63) is 35.2 Å². The second kappa shape index (κ2) is 5.79. The number of rotatable bonds is 4. The maximum absolute atomic E-state index is 11.6. The van der Waals surface area contributed by atoms with E-state index in [0.717, 1.165) is 17.1 Å². The van der Waals surface area contributed by atoms with Gasteiger partial charge in [-0.2, -0.15) is 4.37 Å². The molecule has 100 valence electrons. The fourth-order valence-corrected chi connectivity index (χ4v) is 2.05. The van der Waals surface area contributed by atoms with Gasteiger partial charge in [0.15, 0.2) is 6.61 Å². The summed E-state index contributed by atoms with van der Waals surface area (Å²) in [5.41, 5.74) is 2.33. The molecule has 2 rings (SSSR count). The largest absolute Gasteiger partial charge is 0.484 e. The van der Waals surface area contributed by atoms with Crippen LogP contribution in [-0.4, -0.2) is 21.9 Å². The summed E-state index contributed by atoms with van der Waals surface area (Å²) in [6.07, 6.45) is 0. The third-order valence-electron chi connectivity index (χ3n) is 2.62. The molecule has 0 fully saturated rings. The predicted octanol–water partition coefficient (Wildman–Crippen LogP) is 2.48. The van der Waals surface area contributed by atoms with Crippen LogP contribution in [0.3, 0.4) is 0 Å². The zero-order valence-electron chi connectivity index (χ0n) is 11.1. The van der Waals surface area contributed by atoms with E-state index in [1.807, 2.05) is 32.0 Å². The van der Waals surface area contributed by atoms with Crippen LogP contribution in [0.1, 0.15) is 17.0 Å². The van der Waals surface area contributed by atoms with E-state index < -0.39 is 0 Å². The molecule has 6 heteroatoms. The van der Waals surface area contributed by atoms with Gasteiger partial charge in [0, 0.05) is 11.5 Å². The van der Waals surface area contributed by atoms with E-state index in [2.05, 4.69) is 14.7 Å². The lowest BCUT2D eigenvalue weighted by Gasteiger charge is -2.07. The molecule has 2 aromatic rings. The van der Waals surface area contributed by atoms with Crippen LogP contribution in [0.4, 0.5) is 5.13 Å². The average Bonchev–Trinajstić information content (AvgIpc) is 2.76. The minimum Gasteiger partial charge on any atom is -0.484 e. The van der Waals surface area contributed by atoms with Crippen LogP contribution in [0, 0.1) is 20.8 Å². The molecule has 1 heterocycles. The Morgan fingerprint density at radius 2 is 2.11 bits per heavy atom. The zero-order chi connectivity index (χ0) is 13.8. The second-order valence-electron chi connectivity index (χ2n) is 4.23. The summed E-state index contributed by atoms with van der Waals surface area (Å²) in [5.74, 6) is 1.09. The summed E-state index contributed by atoms with van der Waals surface area (Å²) in [7, 11) is 0. The molecule has 0 bridgehead atoms. The lowest BCUT2D eigenvalue weighted by molar-refractivity contribution is -0.118. The van der Waals surface area contributed by atoms with E-state index in [1.54, 1.807) is 6.92 Å². The summed E-state index contributed by atoms with van der Waals surface area (Å²) in [6, 6.07) is 5.74. The van der Waals surface area contributed by atoms with Crippen molar-refractivity contribution in [2.75, 3.05) is 11.9 Å². The molecule has 0 saturated heterocycles. The summed E-state index contributed by atoms with van der Waals surface area (Å²) in [5, 5.41) is 3.13. The zero-order valence-corrected chi connectivity index (χ0v) is 11.9. The first-order valence-electron chi connectivity index (χ1n) is 5.85. The van der Waals surface area contributed by atoms with Gasteiger partial charge in [-0.3, -0.25) is 10.1 Å². The quantitative estimate of drug-likeness (QED) is 0.932. The molecule has 19 heavy (non-hydrogen) atoms. The van der Waals surface area contributed by atoms with Crippen molar-refractivity contribution in [3.8, 4) is 5.75 Å². The highest BCUT2D eigenvalue weighted by Gasteiger charge is 2.07. The highest BCUT2D eigenvalue weighted by molar-refractivity contribution is 7.09. The Bertz CT molecular complexity index is 595. The maximum atomic E-state index is 11.6. The molecule has 0 aliphatic rings. The number of amides is 1. The van der Waals surface area contributed by atoms with Crippen LogP contribution in [0.15, 0.2) is 18.2 Å². The average molecular weight is 277 g/mol. The minimum atomic E-state index is -0.241. The van der Waals surface area contributed by atoms with E-state index in [9.17, 15) is 4.79 Å². The number of nitrogens with zero attached hydrogens (tertiary/aromatic N) is 2. The van der Waals surface area contributed by atoms with Gasteiger partial charge in [0.1, 0.15) is 11.6 Å². The van der Waals surface area contributed by atoms with Gasteiger partial charge in [-0.25, -0.2) is 4.98 Å².